The average Bonchev–Trinajstić information content (AvgIpc) is 2.82. The molecular weight excluding hydrogens is 508 g/mol. The molecule has 5 N–H and O–H groups in total. The standard InChI is InChI=1S/C23H25ClN6O3S2/c1-23(25)9-11-30(12-10-23)19-13-28-20(14-27-19)34-17-7-4-6-16(21(17)24)29-22(31)15-5-2-3-8-18(15)35(26,32)33/h2-8,13-14H,9-12,25H2,1H3,(H,29,31)(H2,26,32,33). The van der Waals surface area contributed by atoms with E-state index in [1.54, 1.807) is 36.7 Å². The van der Waals surface area contributed by atoms with Gasteiger partial charge in [0.1, 0.15) is 10.8 Å². The molecule has 0 atom stereocenters. The van der Waals surface area contributed by atoms with Crippen LogP contribution in [0, 0.1) is 0 Å². The Morgan fingerprint density at radius 2 is 1.83 bits per heavy atom. The summed E-state index contributed by atoms with van der Waals surface area (Å²) in [5.41, 5.74) is 6.32. The van der Waals surface area contributed by atoms with E-state index in [1.165, 1.54) is 30.0 Å². The topological polar surface area (TPSA) is 144 Å². The van der Waals surface area contributed by atoms with E-state index in [-0.39, 0.29) is 16.0 Å². The van der Waals surface area contributed by atoms with Gasteiger partial charge in [0.25, 0.3) is 5.91 Å². The Labute approximate surface area is 213 Å². The fourth-order valence-corrected chi connectivity index (χ4v) is 5.47. The highest BCUT2D eigenvalue weighted by atomic mass is 35.5. The van der Waals surface area contributed by atoms with Gasteiger partial charge in [-0.05, 0) is 44.0 Å². The molecule has 9 nitrogen and oxygen atoms in total. The van der Waals surface area contributed by atoms with Crippen molar-refractivity contribution in [2.75, 3.05) is 23.3 Å². The van der Waals surface area contributed by atoms with Gasteiger partial charge in [-0.1, -0.05) is 41.6 Å². The van der Waals surface area contributed by atoms with Crippen molar-refractivity contribution in [2.45, 2.75) is 40.1 Å². The smallest absolute Gasteiger partial charge is 0.257 e. The zero-order valence-electron chi connectivity index (χ0n) is 18.9. The Morgan fingerprint density at radius 1 is 1.11 bits per heavy atom. The van der Waals surface area contributed by atoms with Crippen molar-refractivity contribution in [1.82, 2.24) is 9.97 Å². The first kappa shape index (κ1) is 25.4. The Balaban J connectivity index is 1.48. The molecule has 35 heavy (non-hydrogen) atoms. The second kappa shape index (κ2) is 10.1. The van der Waals surface area contributed by atoms with E-state index in [2.05, 4.69) is 27.1 Å². The molecule has 0 radical (unpaired) electrons. The van der Waals surface area contributed by atoms with Crippen LogP contribution < -0.4 is 21.1 Å². The van der Waals surface area contributed by atoms with E-state index in [0.717, 1.165) is 31.7 Å². The molecule has 0 saturated carbocycles. The summed E-state index contributed by atoms with van der Waals surface area (Å²) >= 11 is 7.86. The monoisotopic (exact) mass is 532 g/mol. The number of nitrogens with two attached hydrogens (primary N) is 2. The van der Waals surface area contributed by atoms with Crippen LogP contribution in [0.25, 0.3) is 0 Å². The summed E-state index contributed by atoms with van der Waals surface area (Å²) in [4.78, 5) is 24.4. The van der Waals surface area contributed by atoms with E-state index in [9.17, 15) is 13.2 Å². The first-order chi connectivity index (χ1) is 16.5. The van der Waals surface area contributed by atoms with Gasteiger partial charge in [0, 0.05) is 23.5 Å². The van der Waals surface area contributed by atoms with Gasteiger partial charge >= 0.3 is 0 Å². The third kappa shape index (κ3) is 6.11. The molecule has 4 rings (SSSR count). The van der Waals surface area contributed by atoms with E-state index < -0.39 is 15.9 Å². The number of hydrogen-bond donors (Lipinski definition) is 3. The Kier molecular flexibility index (Phi) is 7.34. The van der Waals surface area contributed by atoms with Crippen LogP contribution >= 0.6 is 23.4 Å². The number of halogens is 1. The van der Waals surface area contributed by atoms with Gasteiger partial charge in [-0.2, -0.15) is 0 Å². The molecule has 2 aromatic carbocycles. The molecule has 0 spiro atoms. The number of piperidine rings is 1. The van der Waals surface area contributed by atoms with Crippen LogP contribution in [0.2, 0.25) is 5.02 Å². The fraction of sp³-hybridized carbons (Fsp3) is 0.261. The van der Waals surface area contributed by atoms with Crippen molar-refractivity contribution in [3.8, 4) is 0 Å². The highest BCUT2D eigenvalue weighted by Gasteiger charge is 2.26. The van der Waals surface area contributed by atoms with Gasteiger partial charge in [0.05, 0.1) is 33.6 Å². The predicted molar refractivity (Wildman–Crippen MR) is 137 cm³/mol. The summed E-state index contributed by atoms with van der Waals surface area (Å²) in [5.74, 6) is 0.156. The number of benzene rings is 2. The second-order valence-corrected chi connectivity index (χ2v) is 11.5. The maximum Gasteiger partial charge on any atom is 0.257 e. The maximum atomic E-state index is 12.8. The lowest BCUT2D eigenvalue weighted by molar-refractivity contribution is 0.102. The molecular formula is C23H25ClN6O3S2. The van der Waals surface area contributed by atoms with Gasteiger partial charge < -0.3 is 16.0 Å². The molecule has 2 heterocycles. The molecule has 1 aliphatic rings. The van der Waals surface area contributed by atoms with Crippen LogP contribution in [0.3, 0.4) is 0 Å². The van der Waals surface area contributed by atoms with Crippen LogP contribution in [0.1, 0.15) is 30.1 Å². The third-order valence-electron chi connectivity index (χ3n) is 5.71. The van der Waals surface area contributed by atoms with Crippen molar-refractivity contribution in [3.05, 3.63) is 65.4 Å². The molecule has 0 aliphatic carbocycles. The summed E-state index contributed by atoms with van der Waals surface area (Å²) < 4.78 is 23.7. The van der Waals surface area contributed by atoms with Crippen molar-refractivity contribution in [1.29, 1.82) is 0 Å². The Hall–Kier alpha value is -2.70. The quantitative estimate of drug-likeness (QED) is 0.437. The zero-order chi connectivity index (χ0) is 25.2. The van der Waals surface area contributed by atoms with Gasteiger partial charge in [-0.15, -0.1) is 0 Å². The summed E-state index contributed by atoms with van der Waals surface area (Å²) in [6, 6.07) is 10.9. The number of amides is 1. The van der Waals surface area contributed by atoms with Gasteiger partial charge in [0.2, 0.25) is 10.0 Å². The highest BCUT2D eigenvalue weighted by Crippen LogP contribution is 2.37. The molecule has 1 amide bonds. The molecule has 3 aromatic rings. The van der Waals surface area contributed by atoms with Gasteiger partial charge in [-0.3, -0.25) is 4.79 Å². The second-order valence-electron chi connectivity index (χ2n) is 8.57. The normalized spacial score (nSPS) is 15.6. The average molecular weight is 533 g/mol. The fourth-order valence-electron chi connectivity index (χ4n) is 3.66. The van der Waals surface area contributed by atoms with Crippen LogP contribution in [0.15, 0.2) is 69.7 Å². The number of aromatic nitrogens is 2. The number of rotatable bonds is 6. The summed E-state index contributed by atoms with van der Waals surface area (Å²) in [7, 11) is -4.07. The van der Waals surface area contributed by atoms with Crippen molar-refractivity contribution >= 4 is 50.8 Å². The summed E-state index contributed by atoms with van der Waals surface area (Å²) in [6.07, 6.45) is 5.19. The molecule has 1 fully saturated rings. The van der Waals surface area contributed by atoms with Crippen molar-refractivity contribution in [3.63, 3.8) is 0 Å². The molecule has 1 aromatic heterocycles. The van der Waals surface area contributed by atoms with Crippen molar-refractivity contribution in [2.24, 2.45) is 10.9 Å². The molecule has 0 unspecified atom stereocenters. The van der Waals surface area contributed by atoms with E-state index >= 15 is 0 Å². The lowest BCUT2D eigenvalue weighted by Gasteiger charge is -2.37. The molecule has 0 bridgehead atoms. The molecule has 184 valence electrons. The van der Waals surface area contributed by atoms with Crippen LogP contribution in [0.5, 0.6) is 0 Å². The van der Waals surface area contributed by atoms with Crippen molar-refractivity contribution < 1.29 is 13.2 Å². The van der Waals surface area contributed by atoms with Gasteiger partial charge in [0.15, 0.2) is 0 Å². The number of hydrogen-bond acceptors (Lipinski definition) is 8. The van der Waals surface area contributed by atoms with Gasteiger partial charge in [-0.25, -0.2) is 23.5 Å². The minimum absolute atomic E-state index is 0.0711. The first-order valence-electron chi connectivity index (χ1n) is 10.8. The first-order valence-corrected chi connectivity index (χ1v) is 13.5. The Morgan fingerprint density at radius 3 is 2.49 bits per heavy atom. The van der Waals surface area contributed by atoms with E-state index in [4.69, 9.17) is 22.5 Å². The van der Waals surface area contributed by atoms with Crippen LogP contribution in [0.4, 0.5) is 11.5 Å². The number of primary sulfonamides is 1. The molecule has 1 aliphatic heterocycles. The number of carbonyl (C=O) groups is 1. The summed E-state index contributed by atoms with van der Waals surface area (Å²) in [5, 5.41) is 8.84. The number of nitrogens with one attached hydrogen (secondary N) is 1. The lowest BCUT2D eigenvalue weighted by atomic mass is 9.91. The maximum absolute atomic E-state index is 12.8. The summed E-state index contributed by atoms with van der Waals surface area (Å²) in [6.45, 7) is 3.72. The Bertz CT molecular complexity index is 1340. The number of sulfonamides is 1. The van der Waals surface area contributed by atoms with E-state index in [1.807, 2.05) is 0 Å². The predicted octanol–water partition coefficient (Wildman–Crippen LogP) is 3.50. The van der Waals surface area contributed by atoms with Crippen LogP contribution in [-0.4, -0.2) is 42.9 Å². The molecule has 12 heteroatoms. The zero-order valence-corrected chi connectivity index (χ0v) is 21.3. The lowest BCUT2D eigenvalue weighted by Crippen LogP contribution is -2.48. The largest absolute Gasteiger partial charge is 0.355 e. The highest BCUT2D eigenvalue weighted by molar-refractivity contribution is 7.99. The number of carbonyl (C=O) groups excluding carboxylic acids is 1. The third-order valence-corrected chi connectivity index (χ3v) is 8.18. The van der Waals surface area contributed by atoms with Crippen LogP contribution in [-0.2, 0) is 10.0 Å². The minimum Gasteiger partial charge on any atom is -0.355 e. The number of nitrogens with zero attached hydrogens (tertiary/aromatic N) is 3. The molecule has 1 saturated heterocycles. The number of anilines is 2. The SMILES string of the molecule is CC1(N)CCN(c2cnc(Sc3cccc(NC(=O)c4ccccc4S(N)(=O)=O)c3Cl)cn2)CC1. The minimum atomic E-state index is -4.07. The van der Waals surface area contributed by atoms with E-state index in [0.29, 0.717) is 20.6 Å².